The van der Waals surface area contributed by atoms with Gasteiger partial charge in [-0.2, -0.15) is 0 Å². The summed E-state index contributed by atoms with van der Waals surface area (Å²) in [7, 11) is 0. The van der Waals surface area contributed by atoms with E-state index in [9.17, 15) is 20.1 Å². The van der Waals surface area contributed by atoms with Crippen LogP contribution in [0.4, 0.5) is 0 Å². The molecule has 0 heterocycles. The van der Waals surface area contributed by atoms with E-state index in [1.807, 2.05) is 13.8 Å². The maximum Gasteiger partial charge on any atom is 0.311 e. The molecule has 0 bridgehead atoms. The third-order valence-corrected chi connectivity index (χ3v) is 4.01. The minimum Gasteiger partial charge on any atom is -0.508 e. The highest BCUT2D eigenvalue weighted by molar-refractivity contribution is 7.99. The molecule has 0 aliphatic rings. The van der Waals surface area contributed by atoms with Gasteiger partial charge in [-0.15, -0.1) is 0 Å². The topological polar surface area (TPSA) is 87.0 Å². The number of benzene rings is 2. The Morgan fingerprint density at radius 1 is 1.04 bits per heavy atom. The lowest BCUT2D eigenvalue weighted by atomic mass is 10.1. The third-order valence-electron chi connectivity index (χ3n) is 2.89. The normalized spacial score (nSPS) is 10.7. The highest BCUT2D eigenvalue weighted by atomic mass is 32.2. The number of aromatic hydroxyl groups is 3. The van der Waals surface area contributed by atoms with E-state index in [0.29, 0.717) is 9.79 Å². The van der Waals surface area contributed by atoms with Crippen LogP contribution in [0.25, 0.3) is 0 Å². The van der Waals surface area contributed by atoms with Crippen LogP contribution in [0.3, 0.4) is 0 Å². The quantitative estimate of drug-likeness (QED) is 0.568. The largest absolute Gasteiger partial charge is 0.508 e. The monoisotopic (exact) mass is 334 g/mol. The maximum atomic E-state index is 11.9. The predicted octanol–water partition coefficient (Wildman–Crippen LogP) is 3.91. The smallest absolute Gasteiger partial charge is 0.311 e. The second kappa shape index (κ2) is 7.28. The van der Waals surface area contributed by atoms with Gasteiger partial charge in [0.05, 0.1) is 9.79 Å². The van der Waals surface area contributed by atoms with Crippen LogP contribution in [0.1, 0.15) is 20.3 Å². The molecule has 122 valence electrons. The van der Waals surface area contributed by atoms with Crippen LogP contribution in [-0.4, -0.2) is 21.3 Å². The summed E-state index contributed by atoms with van der Waals surface area (Å²) < 4.78 is 5.32. The van der Waals surface area contributed by atoms with Crippen LogP contribution >= 0.6 is 11.8 Å². The van der Waals surface area contributed by atoms with Crippen molar-refractivity contribution in [2.45, 2.75) is 30.1 Å². The van der Waals surface area contributed by atoms with Crippen LogP contribution in [0.2, 0.25) is 0 Å². The van der Waals surface area contributed by atoms with E-state index >= 15 is 0 Å². The molecule has 5 nitrogen and oxygen atoms in total. The lowest BCUT2D eigenvalue weighted by Gasteiger charge is -2.12. The molecule has 6 heteroatoms. The summed E-state index contributed by atoms with van der Waals surface area (Å²) in [5, 5.41) is 28.8. The molecule has 0 radical (unpaired) electrons. The van der Waals surface area contributed by atoms with Crippen LogP contribution < -0.4 is 4.74 Å². The van der Waals surface area contributed by atoms with Crippen molar-refractivity contribution in [3.63, 3.8) is 0 Å². The fourth-order valence-electron chi connectivity index (χ4n) is 1.87. The van der Waals surface area contributed by atoms with Crippen molar-refractivity contribution in [3.8, 4) is 23.0 Å². The van der Waals surface area contributed by atoms with Crippen molar-refractivity contribution in [3.05, 3.63) is 36.4 Å². The average Bonchev–Trinajstić information content (AvgIpc) is 2.43. The first-order valence-electron chi connectivity index (χ1n) is 7.08. The molecule has 0 aliphatic carbocycles. The lowest BCUT2D eigenvalue weighted by Crippen LogP contribution is -2.11. The Morgan fingerprint density at radius 3 is 2.26 bits per heavy atom. The second-order valence-corrected chi connectivity index (χ2v) is 6.54. The number of phenolic OH excluding ortho intramolecular Hbond substituents is 3. The van der Waals surface area contributed by atoms with Crippen LogP contribution in [0.5, 0.6) is 23.0 Å². The molecule has 2 aromatic carbocycles. The molecule has 2 aromatic rings. The van der Waals surface area contributed by atoms with Crippen molar-refractivity contribution >= 4 is 17.7 Å². The zero-order valence-electron chi connectivity index (χ0n) is 12.8. The van der Waals surface area contributed by atoms with Gasteiger partial charge in [0, 0.05) is 18.6 Å². The van der Waals surface area contributed by atoms with Crippen LogP contribution in [-0.2, 0) is 4.79 Å². The Balaban J connectivity index is 2.26. The summed E-state index contributed by atoms with van der Waals surface area (Å²) in [6.07, 6.45) is 0.268. The van der Waals surface area contributed by atoms with E-state index in [-0.39, 0.29) is 41.3 Å². The number of phenols is 3. The van der Waals surface area contributed by atoms with Gasteiger partial charge in [-0.05, 0) is 30.2 Å². The Labute approximate surface area is 138 Å². The Bertz CT molecular complexity index is 712. The molecule has 0 spiro atoms. The Hall–Kier alpha value is -2.34. The number of rotatable bonds is 5. The first-order valence-corrected chi connectivity index (χ1v) is 7.90. The summed E-state index contributed by atoms with van der Waals surface area (Å²) >= 11 is 1.17. The second-order valence-electron chi connectivity index (χ2n) is 5.46. The molecule has 0 saturated carbocycles. The van der Waals surface area contributed by atoms with E-state index in [2.05, 4.69) is 0 Å². The fourth-order valence-corrected chi connectivity index (χ4v) is 2.74. The van der Waals surface area contributed by atoms with E-state index in [1.54, 1.807) is 12.1 Å². The number of hydrogen-bond donors (Lipinski definition) is 3. The number of carbonyl (C=O) groups is 1. The number of esters is 1. The minimum absolute atomic E-state index is 0.0170. The first-order chi connectivity index (χ1) is 10.8. The zero-order valence-corrected chi connectivity index (χ0v) is 13.6. The van der Waals surface area contributed by atoms with Crippen molar-refractivity contribution in [2.24, 2.45) is 5.92 Å². The van der Waals surface area contributed by atoms with Crippen molar-refractivity contribution in [2.75, 3.05) is 0 Å². The van der Waals surface area contributed by atoms with Crippen molar-refractivity contribution < 1.29 is 24.9 Å². The molecule has 0 aromatic heterocycles. The van der Waals surface area contributed by atoms with Gasteiger partial charge in [-0.3, -0.25) is 4.79 Å². The SMILES string of the molecule is CC(C)CC(=O)Oc1cc(O)ccc1Sc1ccc(O)cc1O. The first kappa shape index (κ1) is 17.0. The molecule has 23 heavy (non-hydrogen) atoms. The van der Waals surface area contributed by atoms with Gasteiger partial charge in [0.15, 0.2) is 0 Å². The fraction of sp³-hybridized carbons (Fsp3) is 0.235. The van der Waals surface area contributed by atoms with Gasteiger partial charge >= 0.3 is 5.97 Å². The standard InChI is InChI=1S/C17H18O5S/c1-10(2)7-17(21)22-14-9-12(19)4-6-16(14)23-15-5-3-11(18)8-13(15)20/h3-6,8-10,18-20H,7H2,1-2H3. The molecule has 0 saturated heterocycles. The van der Waals surface area contributed by atoms with Gasteiger partial charge in [0.2, 0.25) is 0 Å². The highest BCUT2D eigenvalue weighted by Crippen LogP contribution is 2.41. The summed E-state index contributed by atoms with van der Waals surface area (Å²) in [6.45, 7) is 3.82. The molecule has 0 amide bonds. The van der Waals surface area contributed by atoms with Gasteiger partial charge in [0.1, 0.15) is 23.0 Å². The lowest BCUT2D eigenvalue weighted by molar-refractivity contribution is -0.135. The molecule has 0 fully saturated rings. The number of ether oxygens (including phenoxy) is 1. The van der Waals surface area contributed by atoms with Gasteiger partial charge in [-0.1, -0.05) is 25.6 Å². The predicted molar refractivity (Wildman–Crippen MR) is 87.1 cm³/mol. The third kappa shape index (κ3) is 4.82. The Kier molecular flexibility index (Phi) is 5.39. The van der Waals surface area contributed by atoms with Gasteiger partial charge in [-0.25, -0.2) is 0 Å². The molecular formula is C17H18O5S. The zero-order chi connectivity index (χ0) is 17.0. The maximum absolute atomic E-state index is 11.9. The van der Waals surface area contributed by atoms with E-state index in [1.165, 1.54) is 36.0 Å². The average molecular weight is 334 g/mol. The van der Waals surface area contributed by atoms with E-state index in [0.717, 1.165) is 0 Å². The highest BCUT2D eigenvalue weighted by Gasteiger charge is 2.14. The van der Waals surface area contributed by atoms with Crippen molar-refractivity contribution in [1.82, 2.24) is 0 Å². The van der Waals surface area contributed by atoms with Crippen molar-refractivity contribution in [1.29, 1.82) is 0 Å². The van der Waals surface area contributed by atoms with Gasteiger partial charge < -0.3 is 20.1 Å². The number of hydrogen-bond acceptors (Lipinski definition) is 6. The molecule has 3 N–H and O–H groups in total. The van der Waals surface area contributed by atoms with E-state index < -0.39 is 0 Å². The Morgan fingerprint density at radius 2 is 1.65 bits per heavy atom. The molecule has 0 atom stereocenters. The summed E-state index contributed by atoms with van der Waals surface area (Å²) in [4.78, 5) is 12.9. The van der Waals surface area contributed by atoms with Crippen LogP contribution in [0, 0.1) is 5.92 Å². The summed E-state index contributed by atoms with van der Waals surface area (Å²) in [5.74, 6) is -0.132. The summed E-state index contributed by atoms with van der Waals surface area (Å²) in [6, 6.07) is 8.67. The van der Waals surface area contributed by atoms with Crippen LogP contribution in [0.15, 0.2) is 46.2 Å². The van der Waals surface area contributed by atoms with Gasteiger partial charge in [0.25, 0.3) is 0 Å². The molecular weight excluding hydrogens is 316 g/mol. The summed E-state index contributed by atoms with van der Waals surface area (Å²) in [5.41, 5.74) is 0. The minimum atomic E-state index is -0.387. The molecule has 2 rings (SSSR count). The number of carbonyl (C=O) groups excluding carboxylic acids is 1. The molecule has 0 aliphatic heterocycles. The van der Waals surface area contributed by atoms with E-state index in [4.69, 9.17) is 4.74 Å². The molecule has 0 unspecified atom stereocenters.